The molecular weight excluding hydrogens is 266 g/mol. The Morgan fingerprint density at radius 2 is 2.30 bits per heavy atom. The molecule has 0 fully saturated rings. The summed E-state index contributed by atoms with van der Waals surface area (Å²) < 4.78 is 9.53. The third-order valence-electron chi connectivity index (χ3n) is 2.32. The van der Waals surface area contributed by atoms with Crippen molar-refractivity contribution in [3.05, 3.63) is 33.9 Å². The van der Waals surface area contributed by atoms with Gasteiger partial charge in [0.1, 0.15) is 6.07 Å². The van der Waals surface area contributed by atoms with Gasteiger partial charge < -0.3 is 14.8 Å². The van der Waals surface area contributed by atoms with Crippen molar-refractivity contribution in [2.24, 2.45) is 0 Å². The lowest BCUT2D eigenvalue weighted by Crippen LogP contribution is -2.13. The van der Waals surface area contributed by atoms with E-state index < -0.39 is 17.5 Å². The molecule has 0 spiro atoms. The van der Waals surface area contributed by atoms with Gasteiger partial charge in [-0.25, -0.2) is 4.79 Å². The summed E-state index contributed by atoms with van der Waals surface area (Å²) >= 11 is 0. The lowest BCUT2D eigenvalue weighted by molar-refractivity contribution is -0.384. The zero-order valence-corrected chi connectivity index (χ0v) is 10.8. The number of ether oxygens (including phenoxy) is 2. The first kappa shape index (κ1) is 15.4. The molecule has 1 aromatic carbocycles. The van der Waals surface area contributed by atoms with Crippen molar-refractivity contribution in [3.8, 4) is 6.07 Å². The molecule has 0 heterocycles. The third kappa shape index (κ3) is 4.22. The highest BCUT2D eigenvalue weighted by atomic mass is 16.6. The molecule has 0 aromatic heterocycles. The van der Waals surface area contributed by atoms with E-state index in [-0.39, 0.29) is 11.3 Å². The van der Waals surface area contributed by atoms with Crippen molar-refractivity contribution in [1.82, 2.24) is 0 Å². The topological polar surface area (TPSA) is 114 Å². The largest absolute Gasteiger partial charge is 0.447 e. The summed E-state index contributed by atoms with van der Waals surface area (Å²) in [6.45, 7) is 0.412. The van der Waals surface area contributed by atoms with Crippen LogP contribution in [-0.2, 0) is 9.47 Å². The Morgan fingerprint density at radius 1 is 1.55 bits per heavy atom. The number of nitriles is 1. The number of nitrogens with zero attached hydrogens (tertiary/aromatic N) is 2. The SMILES string of the molecule is COCCNc1ccc([N+](=O)[O-])cc1C(=O)OCC#N. The van der Waals surface area contributed by atoms with Crippen LogP contribution in [0.3, 0.4) is 0 Å². The van der Waals surface area contributed by atoms with Gasteiger partial charge in [-0.3, -0.25) is 10.1 Å². The molecule has 0 saturated heterocycles. The van der Waals surface area contributed by atoms with Crippen molar-refractivity contribution < 1.29 is 19.2 Å². The van der Waals surface area contributed by atoms with E-state index in [1.807, 2.05) is 0 Å². The molecule has 0 amide bonds. The van der Waals surface area contributed by atoms with E-state index in [1.165, 1.54) is 19.2 Å². The highest BCUT2D eigenvalue weighted by molar-refractivity contribution is 5.96. The Bertz CT molecular complexity index is 538. The van der Waals surface area contributed by atoms with Gasteiger partial charge in [-0.1, -0.05) is 0 Å². The third-order valence-corrected chi connectivity index (χ3v) is 2.32. The number of methoxy groups -OCH3 is 1. The van der Waals surface area contributed by atoms with E-state index in [9.17, 15) is 14.9 Å². The van der Waals surface area contributed by atoms with Crippen LogP contribution in [0.15, 0.2) is 18.2 Å². The second-order valence-electron chi connectivity index (χ2n) is 3.64. The Kier molecular flexibility index (Phi) is 5.93. The molecule has 0 bridgehead atoms. The van der Waals surface area contributed by atoms with Crippen LogP contribution in [0.1, 0.15) is 10.4 Å². The molecule has 0 radical (unpaired) electrons. The normalized spacial score (nSPS) is 9.60. The average Bonchev–Trinajstić information content (AvgIpc) is 2.45. The van der Waals surface area contributed by atoms with Gasteiger partial charge in [0.15, 0.2) is 6.61 Å². The fourth-order valence-electron chi connectivity index (χ4n) is 1.43. The molecule has 0 saturated carbocycles. The number of hydrogen-bond donors (Lipinski definition) is 1. The van der Waals surface area contributed by atoms with Gasteiger partial charge in [-0.2, -0.15) is 5.26 Å². The monoisotopic (exact) mass is 279 g/mol. The molecule has 0 aliphatic heterocycles. The molecule has 106 valence electrons. The Morgan fingerprint density at radius 3 is 2.90 bits per heavy atom. The maximum Gasteiger partial charge on any atom is 0.341 e. The number of esters is 1. The number of nitro groups is 1. The first-order chi connectivity index (χ1) is 9.60. The second kappa shape index (κ2) is 7.70. The van der Waals surface area contributed by atoms with Crippen molar-refractivity contribution in [3.63, 3.8) is 0 Å². The zero-order valence-electron chi connectivity index (χ0n) is 10.8. The smallest absolute Gasteiger partial charge is 0.341 e. The minimum Gasteiger partial charge on any atom is -0.447 e. The number of rotatable bonds is 7. The molecule has 8 heteroatoms. The number of non-ortho nitro benzene ring substituents is 1. The van der Waals surface area contributed by atoms with Crippen LogP contribution in [0, 0.1) is 21.4 Å². The van der Waals surface area contributed by atoms with Gasteiger partial charge in [0.2, 0.25) is 0 Å². The van der Waals surface area contributed by atoms with Gasteiger partial charge in [-0.15, -0.1) is 0 Å². The van der Waals surface area contributed by atoms with E-state index >= 15 is 0 Å². The summed E-state index contributed by atoms with van der Waals surface area (Å²) in [5.41, 5.74) is 0.160. The number of hydrogen-bond acceptors (Lipinski definition) is 7. The number of carbonyl (C=O) groups is 1. The molecule has 1 rings (SSSR count). The summed E-state index contributed by atoms with van der Waals surface area (Å²) in [5.74, 6) is -0.796. The quantitative estimate of drug-likeness (QED) is 0.346. The average molecular weight is 279 g/mol. The molecular formula is C12H13N3O5. The first-order valence-corrected chi connectivity index (χ1v) is 5.65. The van der Waals surface area contributed by atoms with Gasteiger partial charge in [0.05, 0.1) is 17.1 Å². The zero-order chi connectivity index (χ0) is 15.0. The highest BCUT2D eigenvalue weighted by Gasteiger charge is 2.17. The summed E-state index contributed by atoms with van der Waals surface area (Å²) in [5, 5.41) is 22.0. The minimum atomic E-state index is -0.796. The minimum absolute atomic E-state index is 0.00514. The van der Waals surface area contributed by atoms with Crippen LogP contribution in [0.25, 0.3) is 0 Å². The van der Waals surface area contributed by atoms with Crippen LogP contribution in [0.4, 0.5) is 11.4 Å². The van der Waals surface area contributed by atoms with Crippen LogP contribution in [0.5, 0.6) is 0 Å². The summed E-state index contributed by atoms with van der Waals surface area (Å²) in [6, 6.07) is 5.45. The second-order valence-corrected chi connectivity index (χ2v) is 3.64. The Balaban J connectivity index is 3.00. The fraction of sp³-hybridized carbons (Fsp3) is 0.333. The van der Waals surface area contributed by atoms with Gasteiger partial charge in [0.25, 0.3) is 5.69 Å². The Hall–Kier alpha value is -2.66. The van der Waals surface area contributed by atoms with E-state index in [2.05, 4.69) is 10.1 Å². The molecule has 0 aliphatic rings. The number of carbonyl (C=O) groups excluding carboxylic acids is 1. The highest BCUT2D eigenvalue weighted by Crippen LogP contribution is 2.22. The van der Waals surface area contributed by atoms with Gasteiger partial charge in [-0.05, 0) is 6.07 Å². The molecule has 1 aromatic rings. The molecule has 20 heavy (non-hydrogen) atoms. The van der Waals surface area contributed by atoms with Crippen molar-refractivity contribution >= 4 is 17.3 Å². The molecule has 0 atom stereocenters. The van der Waals surface area contributed by atoms with Gasteiger partial charge >= 0.3 is 5.97 Å². The maximum atomic E-state index is 11.8. The van der Waals surface area contributed by atoms with Crippen LogP contribution in [-0.4, -0.2) is 37.8 Å². The molecule has 0 unspecified atom stereocenters. The van der Waals surface area contributed by atoms with Crippen molar-refractivity contribution in [1.29, 1.82) is 5.26 Å². The van der Waals surface area contributed by atoms with Crippen LogP contribution in [0.2, 0.25) is 0 Å². The number of anilines is 1. The molecule has 0 aliphatic carbocycles. The van der Waals surface area contributed by atoms with Gasteiger partial charge in [0, 0.05) is 31.5 Å². The van der Waals surface area contributed by atoms with Crippen molar-refractivity contribution in [2.75, 3.05) is 32.2 Å². The summed E-state index contributed by atoms with van der Waals surface area (Å²) in [4.78, 5) is 21.9. The van der Waals surface area contributed by atoms with Crippen LogP contribution < -0.4 is 5.32 Å². The number of nitrogens with one attached hydrogen (secondary N) is 1. The lowest BCUT2D eigenvalue weighted by atomic mass is 10.1. The van der Waals surface area contributed by atoms with E-state index in [0.29, 0.717) is 18.8 Å². The number of benzene rings is 1. The van der Waals surface area contributed by atoms with Crippen molar-refractivity contribution in [2.45, 2.75) is 0 Å². The number of nitro benzene ring substituents is 1. The van der Waals surface area contributed by atoms with E-state index in [0.717, 1.165) is 6.07 Å². The maximum absolute atomic E-state index is 11.8. The van der Waals surface area contributed by atoms with Crippen LogP contribution >= 0.6 is 0 Å². The fourth-order valence-corrected chi connectivity index (χ4v) is 1.43. The van der Waals surface area contributed by atoms with E-state index in [4.69, 9.17) is 10.00 Å². The van der Waals surface area contributed by atoms with E-state index in [1.54, 1.807) is 6.07 Å². The summed E-state index contributed by atoms with van der Waals surface area (Å²) in [7, 11) is 1.53. The summed E-state index contributed by atoms with van der Waals surface area (Å²) in [6.07, 6.45) is 0. The lowest BCUT2D eigenvalue weighted by Gasteiger charge is -2.10. The predicted molar refractivity (Wildman–Crippen MR) is 69.4 cm³/mol. The predicted octanol–water partition coefficient (Wildman–Crippen LogP) is 1.33. The Labute approximate surface area is 115 Å². The first-order valence-electron chi connectivity index (χ1n) is 5.65. The molecule has 8 nitrogen and oxygen atoms in total. The standard InChI is InChI=1S/C12H13N3O5/c1-19-7-5-14-11-3-2-9(15(17)18)8-10(11)12(16)20-6-4-13/h2-3,8,14H,5-7H2,1H3. The molecule has 1 N–H and O–H groups in total.